The van der Waals surface area contributed by atoms with Gasteiger partial charge in [-0.25, -0.2) is 0 Å². The molecule has 0 aliphatic carbocycles. The first-order valence-corrected chi connectivity index (χ1v) is 23.8. The third-order valence-electron chi connectivity index (χ3n) is 13.1. The fourth-order valence-electron chi connectivity index (χ4n) is 10.4. The summed E-state index contributed by atoms with van der Waals surface area (Å²) in [6.45, 7) is 0. The first-order chi connectivity index (χ1) is 31.3. The minimum atomic E-state index is -2.86. The van der Waals surface area contributed by atoms with Crippen molar-refractivity contribution < 1.29 is 0 Å². The van der Waals surface area contributed by atoms with Gasteiger partial charge in [0, 0.05) is 32.9 Å². The molecule has 12 aromatic rings. The lowest BCUT2D eigenvalue weighted by atomic mass is 9.94. The predicted molar refractivity (Wildman–Crippen MR) is 270 cm³/mol. The van der Waals surface area contributed by atoms with Crippen molar-refractivity contribution in [3.05, 3.63) is 255 Å². The van der Waals surface area contributed by atoms with Crippen LogP contribution in [0.2, 0.25) is 0 Å². The van der Waals surface area contributed by atoms with Crippen LogP contribution in [0.5, 0.6) is 0 Å². The summed E-state index contributed by atoms with van der Waals surface area (Å²) < 4.78 is 4.95. The Morgan fingerprint density at radius 3 is 1.30 bits per heavy atom. The number of hydrogen-bond acceptors (Lipinski definition) is 0. The molecule has 0 unspecified atom stereocenters. The molecule has 2 nitrogen and oxygen atoms in total. The van der Waals surface area contributed by atoms with Gasteiger partial charge in [-0.05, 0) is 91.5 Å². The first kappa shape index (κ1) is 36.8. The Balaban J connectivity index is 1.11. The zero-order valence-corrected chi connectivity index (χ0v) is 35.6. The summed E-state index contributed by atoms with van der Waals surface area (Å²) in [7, 11) is -2.86. The van der Waals surface area contributed by atoms with Gasteiger partial charge in [0.1, 0.15) is 0 Å². The highest BCUT2D eigenvalue weighted by atomic mass is 28.3. The van der Waals surface area contributed by atoms with E-state index in [9.17, 15) is 0 Å². The molecule has 0 N–H and O–H groups in total. The lowest BCUT2D eigenvalue weighted by molar-refractivity contribution is 1.17. The molecule has 2 heterocycles. The smallest absolute Gasteiger partial charge is 0.180 e. The summed E-state index contributed by atoms with van der Waals surface area (Å²) in [4.78, 5) is 0. The normalized spacial score (nSPS) is 11.8. The number of fused-ring (bicyclic) bond motifs is 6. The quantitative estimate of drug-likeness (QED) is 0.107. The monoisotopic (exact) mass is 818 g/mol. The average Bonchev–Trinajstić information content (AvgIpc) is 3.89. The van der Waals surface area contributed by atoms with E-state index in [1.807, 2.05) is 0 Å². The fraction of sp³-hybridized carbons (Fsp3) is 0. The predicted octanol–water partition coefficient (Wildman–Crippen LogP) is 12.6. The molecule has 0 saturated carbocycles. The van der Waals surface area contributed by atoms with E-state index in [4.69, 9.17) is 0 Å². The molecule has 3 heteroatoms. The van der Waals surface area contributed by atoms with Crippen LogP contribution in [-0.4, -0.2) is 17.2 Å². The van der Waals surface area contributed by atoms with Crippen molar-refractivity contribution in [2.75, 3.05) is 0 Å². The Labute approximate surface area is 368 Å². The van der Waals surface area contributed by atoms with E-state index in [2.05, 4.69) is 264 Å². The molecule has 0 bridgehead atoms. The number of benzene rings is 10. The highest BCUT2D eigenvalue weighted by Gasteiger charge is 2.43. The third-order valence-corrected chi connectivity index (χ3v) is 17.9. The maximum absolute atomic E-state index is 2.86. The van der Waals surface area contributed by atoms with Crippen molar-refractivity contribution in [1.29, 1.82) is 0 Å². The SMILES string of the molecule is c1ccc(-c2ccc(-n3c4ccccc4c4cc(-n5c6ccccc6c6c([Si](c7ccccc7)(c7ccccc7)c7ccccc7)cccc65)ccc43)cc2-c2ccccc2)cc1. The molecule has 0 fully saturated rings. The van der Waals surface area contributed by atoms with E-state index in [1.165, 1.54) is 86.6 Å². The zero-order chi connectivity index (χ0) is 41.7. The Hall–Kier alpha value is -7.98. The topological polar surface area (TPSA) is 9.86 Å². The molecule has 10 aromatic carbocycles. The van der Waals surface area contributed by atoms with Crippen LogP contribution >= 0.6 is 0 Å². The van der Waals surface area contributed by atoms with Gasteiger partial charge in [0.15, 0.2) is 8.07 Å². The van der Waals surface area contributed by atoms with Crippen molar-refractivity contribution in [3.63, 3.8) is 0 Å². The van der Waals surface area contributed by atoms with Crippen LogP contribution < -0.4 is 20.7 Å². The number of para-hydroxylation sites is 2. The van der Waals surface area contributed by atoms with Crippen LogP contribution in [0.3, 0.4) is 0 Å². The molecule has 12 rings (SSSR count). The second-order valence-electron chi connectivity index (χ2n) is 16.4. The van der Waals surface area contributed by atoms with Crippen LogP contribution in [0, 0.1) is 0 Å². The third kappa shape index (κ3) is 5.85. The molecule has 296 valence electrons. The molecule has 0 aliphatic rings. The van der Waals surface area contributed by atoms with E-state index in [0.29, 0.717) is 0 Å². The van der Waals surface area contributed by atoms with E-state index in [-0.39, 0.29) is 0 Å². The second kappa shape index (κ2) is 15.2. The van der Waals surface area contributed by atoms with Crippen LogP contribution in [0.25, 0.3) is 77.2 Å². The maximum Gasteiger partial charge on any atom is 0.180 e. The van der Waals surface area contributed by atoms with Crippen LogP contribution in [0.15, 0.2) is 255 Å². The van der Waals surface area contributed by atoms with Crippen LogP contribution in [0.4, 0.5) is 0 Å². The fourth-order valence-corrected chi connectivity index (χ4v) is 15.4. The highest BCUT2D eigenvalue weighted by molar-refractivity contribution is 7.20. The van der Waals surface area contributed by atoms with Gasteiger partial charge in [0.25, 0.3) is 0 Å². The number of aromatic nitrogens is 2. The molecule has 0 amide bonds. The van der Waals surface area contributed by atoms with Gasteiger partial charge < -0.3 is 9.13 Å². The van der Waals surface area contributed by atoms with E-state index in [1.54, 1.807) is 0 Å². The minimum Gasteiger partial charge on any atom is -0.309 e. The Bertz CT molecular complexity index is 3500. The highest BCUT2D eigenvalue weighted by Crippen LogP contribution is 2.40. The van der Waals surface area contributed by atoms with Crippen molar-refractivity contribution in [3.8, 4) is 33.6 Å². The summed E-state index contributed by atoms with van der Waals surface area (Å²) in [5.41, 5.74) is 11.9. The maximum atomic E-state index is 2.50. The van der Waals surface area contributed by atoms with Gasteiger partial charge in [0.05, 0.1) is 22.1 Å². The van der Waals surface area contributed by atoms with Crippen LogP contribution in [0.1, 0.15) is 0 Å². The van der Waals surface area contributed by atoms with Gasteiger partial charge in [0.2, 0.25) is 0 Å². The van der Waals surface area contributed by atoms with Crippen LogP contribution in [-0.2, 0) is 0 Å². The van der Waals surface area contributed by atoms with Gasteiger partial charge in [-0.1, -0.05) is 206 Å². The average molecular weight is 819 g/mol. The summed E-state index contributed by atoms with van der Waals surface area (Å²) in [6, 6.07) is 94.2. The largest absolute Gasteiger partial charge is 0.309 e. The molecular formula is C60H42N2Si. The van der Waals surface area contributed by atoms with Crippen molar-refractivity contribution >= 4 is 72.4 Å². The number of hydrogen-bond donors (Lipinski definition) is 0. The molecule has 0 spiro atoms. The van der Waals surface area contributed by atoms with Crippen molar-refractivity contribution in [2.45, 2.75) is 0 Å². The van der Waals surface area contributed by atoms with E-state index < -0.39 is 8.07 Å². The number of nitrogens with zero attached hydrogens (tertiary/aromatic N) is 2. The first-order valence-electron chi connectivity index (χ1n) is 21.8. The molecule has 0 aliphatic heterocycles. The van der Waals surface area contributed by atoms with Gasteiger partial charge >= 0.3 is 0 Å². The molecule has 0 atom stereocenters. The van der Waals surface area contributed by atoms with Gasteiger partial charge in [-0.15, -0.1) is 0 Å². The standard InChI is InChI=1S/C60H42N2Si/c1-6-21-43(22-7-1)50-39-37-45(41-53(50)44-23-8-2-9-24-44)61-55-33-18-16-31-51(55)54-42-46(38-40-57(54)61)62-56-34-19-17-32-52(56)60-58(62)35-20-36-59(60)63(47-25-10-3-11-26-47,48-27-12-4-13-28-48)49-29-14-5-15-30-49/h1-42H. The van der Waals surface area contributed by atoms with E-state index >= 15 is 0 Å². The lowest BCUT2D eigenvalue weighted by Crippen LogP contribution is -2.74. The van der Waals surface area contributed by atoms with Crippen molar-refractivity contribution in [1.82, 2.24) is 9.13 Å². The van der Waals surface area contributed by atoms with Crippen molar-refractivity contribution in [2.24, 2.45) is 0 Å². The summed E-state index contributed by atoms with van der Waals surface area (Å²) in [6.07, 6.45) is 0. The summed E-state index contributed by atoms with van der Waals surface area (Å²) in [5.74, 6) is 0. The summed E-state index contributed by atoms with van der Waals surface area (Å²) in [5, 5.41) is 10.5. The van der Waals surface area contributed by atoms with Gasteiger partial charge in [-0.3, -0.25) is 0 Å². The molecule has 0 radical (unpaired) electrons. The number of rotatable bonds is 8. The Kier molecular flexibility index (Phi) is 8.87. The molecule has 0 saturated heterocycles. The minimum absolute atomic E-state index is 1.14. The second-order valence-corrected chi connectivity index (χ2v) is 20.2. The lowest BCUT2D eigenvalue weighted by Gasteiger charge is -2.35. The molecule has 2 aromatic heterocycles. The van der Waals surface area contributed by atoms with E-state index in [0.717, 1.165) is 11.4 Å². The van der Waals surface area contributed by atoms with Gasteiger partial charge in [-0.2, -0.15) is 0 Å². The summed E-state index contributed by atoms with van der Waals surface area (Å²) >= 11 is 0. The Morgan fingerprint density at radius 1 is 0.270 bits per heavy atom. The molecule has 63 heavy (non-hydrogen) atoms. The molecular weight excluding hydrogens is 777 g/mol. The Morgan fingerprint density at radius 2 is 0.698 bits per heavy atom. The zero-order valence-electron chi connectivity index (χ0n) is 34.6.